The molecular weight excluding hydrogens is 254 g/mol. The number of methoxy groups -OCH3 is 1. The summed E-state index contributed by atoms with van der Waals surface area (Å²) >= 11 is 5.34. The molecule has 1 aliphatic rings. The largest absolute Gasteiger partial charge is 0.496 e. The van der Waals surface area contributed by atoms with E-state index in [0.717, 1.165) is 12.2 Å². The summed E-state index contributed by atoms with van der Waals surface area (Å²) in [4.78, 5) is 0.610. The minimum absolute atomic E-state index is 0.166. The van der Waals surface area contributed by atoms with Crippen LogP contribution in [0.2, 0.25) is 0 Å². The van der Waals surface area contributed by atoms with Gasteiger partial charge in [0.25, 0.3) is 0 Å². The van der Waals surface area contributed by atoms with E-state index in [-0.39, 0.29) is 5.92 Å². The van der Waals surface area contributed by atoms with Crippen molar-refractivity contribution in [3.63, 3.8) is 0 Å². The second-order valence-electron chi connectivity index (χ2n) is 5.35. The molecule has 1 aliphatic carbocycles. The highest BCUT2D eigenvalue weighted by Crippen LogP contribution is 2.41. The standard InChI is InChI=1S/C16H23NOS/c1-3-11-8-9-14(18-2)13(10-11)15(16(17)19)12-6-4-5-7-12/h8-10,12,15H,3-7H2,1-2H3,(H2,17,19). The Hall–Kier alpha value is -1.09. The quantitative estimate of drug-likeness (QED) is 0.831. The maximum atomic E-state index is 6.04. The van der Waals surface area contributed by atoms with Gasteiger partial charge in [-0.3, -0.25) is 0 Å². The predicted molar refractivity (Wildman–Crippen MR) is 83.9 cm³/mol. The maximum Gasteiger partial charge on any atom is 0.122 e. The molecule has 1 fully saturated rings. The summed E-state index contributed by atoms with van der Waals surface area (Å²) in [6.45, 7) is 2.16. The van der Waals surface area contributed by atoms with Crippen LogP contribution in [-0.4, -0.2) is 12.1 Å². The van der Waals surface area contributed by atoms with Crippen LogP contribution in [0.3, 0.4) is 0 Å². The van der Waals surface area contributed by atoms with Gasteiger partial charge in [-0.2, -0.15) is 0 Å². The lowest BCUT2D eigenvalue weighted by Crippen LogP contribution is -2.25. The fourth-order valence-electron chi connectivity index (χ4n) is 3.18. The lowest BCUT2D eigenvalue weighted by Gasteiger charge is -2.25. The highest BCUT2D eigenvalue weighted by atomic mass is 32.1. The van der Waals surface area contributed by atoms with E-state index in [1.807, 2.05) is 6.07 Å². The third kappa shape index (κ3) is 3.08. The van der Waals surface area contributed by atoms with Gasteiger partial charge in [-0.05, 0) is 36.8 Å². The Morgan fingerprint density at radius 1 is 1.42 bits per heavy atom. The van der Waals surface area contributed by atoms with Gasteiger partial charge in [0.15, 0.2) is 0 Å². The molecule has 1 saturated carbocycles. The van der Waals surface area contributed by atoms with Crippen molar-refractivity contribution in [2.75, 3.05) is 7.11 Å². The third-order valence-corrected chi connectivity index (χ3v) is 4.47. The van der Waals surface area contributed by atoms with E-state index >= 15 is 0 Å². The molecule has 0 spiro atoms. The van der Waals surface area contributed by atoms with E-state index in [2.05, 4.69) is 19.1 Å². The van der Waals surface area contributed by atoms with Gasteiger partial charge in [0.2, 0.25) is 0 Å². The van der Waals surface area contributed by atoms with Gasteiger partial charge >= 0.3 is 0 Å². The average Bonchev–Trinajstić information content (AvgIpc) is 2.92. The first-order valence-corrected chi connectivity index (χ1v) is 7.54. The van der Waals surface area contributed by atoms with Gasteiger partial charge in [0, 0.05) is 11.5 Å². The lowest BCUT2D eigenvalue weighted by atomic mass is 9.83. The summed E-state index contributed by atoms with van der Waals surface area (Å²) in [7, 11) is 1.72. The van der Waals surface area contributed by atoms with E-state index in [1.165, 1.54) is 36.8 Å². The number of ether oxygens (including phenoxy) is 1. The average molecular weight is 277 g/mol. The first kappa shape index (κ1) is 14.3. The van der Waals surface area contributed by atoms with Crippen LogP contribution >= 0.6 is 12.2 Å². The summed E-state index contributed by atoms with van der Waals surface area (Å²) < 4.78 is 5.52. The fourth-order valence-corrected chi connectivity index (χ4v) is 3.50. The molecule has 0 heterocycles. The molecule has 0 radical (unpaired) electrons. The molecule has 0 aliphatic heterocycles. The number of hydrogen-bond acceptors (Lipinski definition) is 2. The van der Waals surface area contributed by atoms with Gasteiger partial charge in [0.05, 0.1) is 12.1 Å². The van der Waals surface area contributed by atoms with Crippen molar-refractivity contribution in [2.45, 2.75) is 44.9 Å². The monoisotopic (exact) mass is 277 g/mol. The zero-order valence-electron chi connectivity index (χ0n) is 11.8. The van der Waals surface area contributed by atoms with Crippen LogP contribution in [0.5, 0.6) is 5.75 Å². The summed E-state index contributed by atoms with van der Waals surface area (Å²) in [5, 5.41) is 0. The summed E-state index contributed by atoms with van der Waals surface area (Å²) in [6.07, 6.45) is 6.05. The second-order valence-corrected chi connectivity index (χ2v) is 5.83. The van der Waals surface area contributed by atoms with Crippen molar-refractivity contribution >= 4 is 17.2 Å². The first-order valence-electron chi connectivity index (χ1n) is 7.13. The highest BCUT2D eigenvalue weighted by Gasteiger charge is 2.30. The molecule has 0 aromatic heterocycles. The SMILES string of the molecule is CCc1ccc(OC)c(C(C(N)=S)C2CCCC2)c1. The minimum Gasteiger partial charge on any atom is -0.496 e. The Morgan fingerprint density at radius 2 is 2.11 bits per heavy atom. The molecule has 0 amide bonds. The highest BCUT2D eigenvalue weighted by molar-refractivity contribution is 7.80. The van der Waals surface area contributed by atoms with E-state index in [9.17, 15) is 0 Å². The van der Waals surface area contributed by atoms with Crippen molar-refractivity contribution in [1.82, 2.24) is 0 Å². The van der Waals surface area contributed by atoms with Crippen molar-refractivity contribution in [1.29, 1.82) is 0 Å². The molecular formula is C16H23NOS. The van der Waals surface area contributed by atoms with Gasteiger partial charge in [-0.1, -0.05) is 44.1 Å². The maximum absolute atomic E-state index is 6.04. The van der Waals surface area contributed by atoms with E-state index in [1.54, 1.807) is 7.11 Å². The van der Waals surface area contributed by atoms with Crippen LogP contribution in [0.1, 0.15) is 49.7 Å². The second kappa shape index (κ2) is 6.38. The smallest absolute Gasteiger partial charge is 0.122 e. The fraction of sp³-hybridized carbons (Fsp3) is 0.562. The molecule has 1 atom stereocenters. The van der Waals surface area contributed by atoms with Gasteiger partial charge < -0.3 is 10.5 Å². The Kier molecular flexibility index (Phi) is 4.81. The molecule has 2 rings (SSSR count). The Bertz CT molecular complexity index is 452. The molecule has 19 heavy (non-hydrogen) atoms. The molecule has 0 saturated heterocycles. The molecule has 1 unspecified atom stereocenters. The summed E-state index contributed by atoms with van der Waals surface area (Å²) in [5.74, 6) is 1.67. The number of aryl methyl sites for hydroxylation is 1. The van der Waals surface area contributed by atoms with Crippen molar-refractivity contribution < 1.29 is 4.74 Å². The number of benzene rings is 1. The molecule has 3 heteroatoms. The number of thiocarbonyl (C=S) groups is 1. The van der Waals surface area contributed by atoms with Gasteiger partial charge in [-0.25, -0.2) is 0 Å². The summed E-state index contributed by atoms with van der Waals surface area (Å²) in [5.41, 5.74) is 8.54. The third-order valence-electron chi connectivity index (χ3n) is 4.22. The van der Waals surface area contributed by atoms with E-state index < -0.39 is 0 Å². The van der Waals surface area contributed by atoms with Crippen molar-refractivity contribution in [2.24, 2.45) is 11.7 Å². The zero-order chi connectivity index (χ0) is 13.8. The van der Waals surface area contributed by atoms with Crippen LogP contribution in [-0.2, 0) is 6.42 Å². The number of hydrogen-bond donors (Lipinski definition) is 1. The van der Waals surface area contributed by atoms with Crippen LogP contribution in [0, 0.1) is 5.92 Å². The Balaban J connectivity index is 2.41. The van der Waals surface area contributed by atoms with Crippen LogP contribution < -0.4 is 10.5 Å². The molecule has 1 aromatic rings. The normalized spacial score (nSPS) is 17.4. The number of nitrogens with two attached hydrogens (primary N) is 1. The minimum atomic E-state index is 0.166. The topological polar surface area (TPSA) is 35.2 Å². The first-order chi connectivity index (χ1) is 9.17. The van der Waals surface area contributed by atoms with Crippen molar-refractivity contribution in [3.05, 3.63) is 29.3 Å². The zero-order valence-corrected chi connectivity index (χ0v) is 12.6. The molecule has 104 valence electrons. The van der Waals surface area contributed by atoms with E-state index in [0.29, 0.717) is 10.9 Å². The van der Waals surface area contributed by atoms with Gasteiger partial charge in [-0.15, -0.1) is 0 Å². The molecule has 0 bridgehead atoms. The van der Waals surface area contributed by atoms with Crippen LogP contribution in [0.15, 0.2) is 18.2 Å². The molecule has 2 nitrogen and oxygen atoms in total. The van der Waals surface area contributed by atoms with Crippen LogP contribution in [0.25, 0.3) is 0 Å². The van der Waals surface area contributed by atoms with Crippen LogP contribution in [0.4, 0.5) is 0 Å². The van der Waals surface area contributed by atoms with Gasteiger partial charge in [0.1, 0.15) is 5.75 Å². The molecule has 2 N–H and O–H groups in total. The lowest BCUT2D eigenvalue weighted by molar-refractivity contribution is 0.400. The Morgan fingerprint density at radius 3 is 2.63 bits per heavy atom. The van der Waals surface area contributed by atoms with E-state index in [4.69, 9.17) is 22.7 Å². The number of rotatable bonds is 5. The Labute approximate surface area is 121 Å². The molecule has 1 aromatic carbocycles. The summed E-state index contributed by atoms with van der Waals surface area (Å²) in [6, 6.07) is 6.39. The van der Waals surface area contributed by atoms with Crippen molar-refractivity contribution in [3.8, 4) is 5.75 Å². The predicted octanol–water partition coefficient (Wildman–Crippen LogP) is 3.82.